The van der Waals surface area contributed by atoms with Gasteiger partial charge in [-0.1, -0.05) is 23.8 Å². The van der Waals surface area contributed by atoms with Crippen molar-refractivity contribution in [2.45, 2.75) is 11.8 Å². The van der Waals surface area contributed by atoms with Gasteiger partial charge in [0.2, 0.25) is 0 Å². The number of hydrogen-bond acceptors (Lipinski definition) is 4. The Bertz CT molecular complexity index is 682. The van der Waals surface area contributed by atoms with E-state index < -0.39 is 10.0 Å². The van der Waals surface area contributed by atoms with Gasteiger partial charge in [0.15, 0.2) is 0 Å². The Hall–Kier alpha value is -2.05. The summed E-state index contributed by atoms with van der Waals surface area (Å²) in [6, 6.07) is 13.6. The minimum absolute atomic E-state index is 0.207. The van der Waals surface area contributed by atoms with Crippen LogP contribution in [0.1, 0.15) is 5.56 Å². The van der Waals surface area contributed by atoms with Gasteiger partial charge in [-0.15, -0.1) is 4.83 Å². The lowest BCUT2D eigenvalue weighted by Gasteiger charge is -2.10. The monoisotopic (exact) mass is 292 g/mol. The molecule has 20 heavy (non-hydrogen) atoms. The van der Waals surface area contributed by atoms with E-state index in [1.54, 1.807) is 55.6 Å². The predicted molar refractivity (Wildman–Crippen MR) is 78.1 cm³/mol. The lowest BCUT2D eigenvalue weighted by molar-refractivity contribution is 0.415. The number of ether oxygens (including phenoxy) is 1. The van der Waals surface area contributed by atoms with E-state index in [2.05, 4.69) is 10.3 Å². The number of nitrogens with one attached hydrogen (secondary N) is 2. The van der Waals surface area contributed by atoms with Crippen LogP contribution in [0.15, 0.2) is 53.4 Å². The van der Waals surface area contributed by atoms with Crippen LogP contribution in [0.5, 0.6) is 5.75 Å². The fourth-order valence-corrected chi connectivity index (χ4v) is 2.47. The maximum absolute atomic E-state index is 12.1. The van der Waals surface area contributed by atoms with Crippen LogP contribution in [-0.4, -0.2) is 15.5 Å². The molecule has 0 heterocycles. The van der Waals surface area contributed by atoms with Gasteiger partial charge in [0.05, 0.1) is 17.7 Å². The smallest absolute Gasteiger partial charge is 0.257 e. The van der Waals surface area contributed by atoms with Crippen molar-refractivity contribution >= 4 is 15.7 Å². The summed E-state index contributed by atoms with van der Waals surface area (Å²) in [5.41, 5.74) is 4.26. The van der Waals surface area contributed by atoms with Crippen molar-refractivity contribution < 1.29 is 13.2 Å². The van der Waals surface area contributed by atoms with Gasteiger partial charge in [-0.2, -0.15) is 0 Å². The van der Waals surface area contributed by atoms with Crippen LogP contribution in [0.2, 0.25) is 0 Å². The number of hydrazine groups is 1. The van der Waals surface area contributed by atoms with Crippen molar-refractivity contribution in [3.63, 3.8) is 0 Å². The maximum Gasteiger partial charge on any atom is 0.257 e. The summed E-state index contributed by atoms with van der Waals surface area (Å²) in [4.78, 5) is 2.54. The summed E-state index contributed by atoms with van der Waals surface area (Å²) in [5.74, 6) is 0.643. The first-order valence-electron chi connectivity index (χ1n) is 6.00. The first kappa shape index (κ1) is 14.4. The number of rotatable bonds is 5. The number of sulfonamides is 1. The molecule has 0 saturated heterocycles. The van der Waals surface area contributed by atoms with E-state index in [4.69, 9.17) is 4.74 Å². The molecule has 106 valence electrons. The van der Waals surface area contributed by atoms with Crippen molar-refractivity contribution in [1.82, 2.24) is 4.83 Å². The van der Waals surface area contributed by atoms with E-state index in [0.29, 0.717) is 11.4 Å². The Morgan fingerprint density at radius 2 is 1.75 bits per heavy atom. The zero-order chi connectivity index (χ0) is 14.6. The summed E-state index contributed by atoms with van der Waals surface area (Å²) in [6.07, 6.45) is 0. The lowest BCUT2D eigenvalue weighted by Crippen LogP contribution is -2.29. The second-order valence-corrected chi connectivity index (χ2v) is 5.96. The molecule has 0 bridgehead atoms. The van der Waals surface area contributed by atoms with Gasteiger partial charge in [0.25, 0.3) is 10.0 Å². The molecule has 2 aromatic carbocycles. The van der Waals surface area contributed by atoms with Gasteiger partial charge < -0.3 is 10.2 Å². The molecule has 0 unspecified atom stereocenters. The van der Waals surface area contributed by atoms with Gasteiger partial charge in [-0.25, -0.2) is 8.42 Å². The average molecular weight is 292 g/mol. The molecule has 2 N–H and O–H groups in total. The molecule has 2 rings (SSSR count). The van der Waals surface area contributed by atoms with Crippen LogP contribution >= 0.6 is 0 Å². The minimum atomic E-state index is -3.60. The highest BCUT2D eigenvalue weighted by Gasteiger charge is 2.12. The largest absolute Gasteiger partial charge is 0.497 e. The minimum Gasteiger partial charge on any atom is -0.497 e. The number of hydrogen-bond donors (Lipinski definition) is 2. The SMILES string of the molecule is COc1cccc(NNS(=O)(=O)c2ccc(C)cc2)c1. The molecule has 0 fully saturated rings. The molecule has 0 radical (unpaired) electrons. The molecule has 0 amide bonds. The summed E-state index contributed by atoms with van der Waals surface area (Å²) in [6.45, 7) is 1.90. The highest BCUT2D eigenvalue weighted by atomic mass is 32.2. The first-order chi connectivity index (χ1) is 9.51. The van der Waals surface area contributed by atoms with Gasteiger partial charge in [-0.05, 0) is 31.2 Å². The number of methoxy groups -OCH3 is 1. The summed E-state index contributed by atoms with van der Waals surface area (Å²) < 4.78 is 29.2. The molecule has 0 aliphatic carbocycles. The van der Waals surface area contributed by atoms with Crippen LogP contribution in [0, 0.1) is 6.92 Å². The highest BCUT2D eigenvalue weighted by molar-refractivity contribution is 7.89. The molecular weight excluding hydrogens is 276 g/mol. The standard InChI is InChI=1S/C14H16N2O3S/c1-11-6-8-14(9-7-11)20(17,18)16-15-12-4-3-5-13(10-12)19-2/h3-10,15-16H,1-2H3. The third-order valence-electron chi connectivity index (χ3n) is 2.73. The van der Waals surface area contributed by atoms with Crippen LogP contribution in [0.4, 0.5) is 5.69 Å². The van der Waals surface area contributed by atoms with E-state index in [1.165, 1.54) is 0 Å². The Balaban J connectivity index is 2.10. The van der Waals surface area contributed by atoms with E-state index in [-0.39, 0.29) is 4.90 Å². The molecule has 2 aromatic rings. The van der Waals surface area contributed by atoms with Crippen molar-refractivity contribution in [2.24, 2.45) is 0 Å². The molecule has 5 nitrogen and oxygen atoms in total. The third-order valence-corrected chi connectivity index (χ3v) is 3.99. The Kier molecular flexibility index (Phi) is 4.26. The Morgan fingerprint density at radius 1 is 1.05 bits per heavy atom. The normalized spacial score (nSPS) is 11.1. The van der Waals surface area contributed by atoms with Crippen LogP contribution < -0.4 is 15.0 Å². The lowest BCUT2D eigenvalue weighted by atomic mass is 10.2. The molecule has 0 saturated carbocycles. The van der Waals surface area contributed by atoms with Gasteiger partial charge in [0, 0.05) is 6.07 Å². The first-order valence-corrected chi connectivity index (χ1v) is 7.48. The number of aryl methyl sites for hydroxylation is 1. The number of anilines is 1. The molecule has 0 aromatic heterocycles. The van der Waals surface area contributed by atoms with Crippen molar-refractivity contribution in [3.05, 3.63) is 54.1 Å². The van der Waals surface area contributed by atoms with Gasteiger partial charge in [0.1, 0.15) is 5.75 Å². The Labute approximate surface area is 118 Å². The fourth-order valence-electron chi connectivity index (χ4n) is 1.60. The van der Waals surface area contributed by atoms with Crippen molar-refractivity contribution in [1.29, 1.82) is 0 Å². The molecule has 6 heteroatoms. The third kappa shape index (κ3) is 3.49. The molecule has 0 spiro atoms. The van der Waals surface area contributed by atoms with Gasteiger partial charge >= 0.3 is 0 Å². The van der Waals surface area contributed by atoms with E-state index >= 15 is 0 Å². The molecule has 0 atom stereocenters. The molecule has 0 aliphatic heterocycles. The van der Waals surface area contributed by atoms with Crippen molar-refractivity contribution in [2.75, 3.05) is 12.5 Å². The number of benzene rings is 2. The molecule has 0 aliphatic rings. The van der Waals surface area contributed by atoms with E-state index in [0.717, 1.165) is 5.56 Å². The van der Waals surface area contributed by atoms with E-state index in [1.807, 2.05) is 6.92 Å². The predicted octanol–water partition coefficient (Wildman–Crippen LogP) is 2.31. The topological polar surface area (TPSA) is 67.4 Å². The van der Waals surface area contributed by atoms with Crippen LogP contribution in [0.3, 0.4) is 0 Å². The maximum atomic E-state index is 12.1. The summed E-state index contributed by atoms with van der Waals surface area (Å²) in [7, 11) is -2.05. The second-order valence-electron chi connectivity index (χ2n) is 4.28. The average Bonchev–Trinajstić information content (AvgIpc) is 2.46. The van der Waals surface area contributed by atoms with E-state index in [9.17, 15) is 8.42 Å². The summed E-state index contributed by atoms with van der Waals surface area (Å²) in [5, 5.41) is 0. The van der Waals surface area contributed by atoms with Crippen LogP contribution in [-0.2, 0) is 10.0 Å². The quantitative estimate of drug-likeness (QED) is 0.830. The molecular formula is C14H16N2O3S. The van der Waals surface area contributed by atoms with Crippen LogP contribution in [0.25, 0.3) is 0 Å². The highest BCUT2D eigenvalue weighted by Crippen LogP contribution is 2.16. The fraction of sp³-hybridized carbons (Fsp3) is 0.143. The zero-order valence-corrected chi connectivity index (χ0v) is 12.1. The van der Waals surface area contributed by atoms with Gasteiger partial charge in [-0.3, -0.25) is 0 Å². The second kappa shape index (κ2) is 5.94. The van der Waals surface area contributed by atoms with Crippen molar-refractivity contribution in [3.8, 4) is 5.75 Å². The Morgan fingerprint density at radius 3 is 2.40 bits per heavy atom. The zero-order valence-electron chi connectivity index (χ0n) is 11.3. The summed E-state index contributed by atoms with van der Waals surface area (Å²) >= 11 is 0.